The lowest BCUT2D eigenvalue weighted by molar-refractivity contribution is 0.0693. The minimum atomic E-state index is -1.00. The summed E-state index contributed by atoms with van der Waals surface area (Å²) in [6.45, 7) is 1.75. The zero-order valence-electron chi connectivity index (χ0n) is 10.5. The largest absolute Gasteiger partial charge is 0.496 e. The molecule has 0 radical (unpaired) electrons. The summed E-state index contributed by atoms with van der Waals surface area (Å²) in [6, 6.07) is 7.37. The maximum Gasteiger partial charge on any atom is 0.339 e. The first-order chi connectivity index (χ1) is 8.60. The average Bonchev–Trinajstić information content (AvgIpc) is 2.35. The van der Waals surface area contributed by atoms with Gasteiger partial charge in [0.05, 0.1) is 19.6 Å². The van der Waals surface area contributed by atoms with Crippen LogP contribution >= 0.6 is 0 Å². The van der Waals surface area contributed by atoms with E-state index in [1.54, 1.807) is 20.1 Å². The molecule has 0 saturated heterocycles. The summed E-state index contributed by atoms with van der Waals surface area (Å²) < 4.78 is 10.6. The lowest BCUT2D eigenvalue weighted by atomic mass is 9.99. The third kappa shape index (κ3) is 1.76. The quantitative estimate of drug-likeness (QED) is 0.904. The van der Waals surface area contributed by atoms with Gasteiger partial charge in [-0.2, -0.15) is 0 Å². The highest BCUT2D eigenvalue weighted by Crippen LogP contribution is 2.38. The molecule has 0 aromatic heterocycles. The number of rotatable bonds is 3. The van der Waals surface area contributed by atoms with Crippen molar-refractivity contribution in [2.75, 3.05) is 14.2 Å². The van der Waals surface area contributed by atoms with Crippen molar-refractivity contribution in [1.82, 2.24) is 0 Å². The number of benzene rings is 2. The molecule has 2 aromatic rings. The number of carbonyl (C=O) groups is 1. The second kappa shape index (κ2) is 4.56. The van der Waals surface area contributed by atoms with E-state index in [-0.39, 0.29) is 5.56 Å². The molecule has 0 aliphatic heterocycles. The van der Waals surface area contributed by atoms with Gasteiger partial charge >= 0.3 is 5.97 Å². The van der Waals surface area contributed by atoms with E-state index in [0.717, 1.165) is 5.39 Å². The fraction of sp³-hybridized carbons (Fsp3) is 0.214. The molecule has 0 saturated carbocycles. The van der Waals surface area contributed by atoms with Crippen LogP contribution in [-0.2, 0) is 0 Å². The van der Waals surface area contributed by atoms with Gasteiger partial charge in [0, 0.05) is 0 Å². The molecule has 0 amide bonds. The molecule has 4 nitrogen and oxygen atoms in total. The zero-order chi connectivity index (χ0) is 13.3. The van der Waals surface area contributed by atoms with Crippen molar-refractivity contribution >= 4 is 16.7 Å². The van der Waals surface area contributed by atoms with Crippen molar-refractivity contribution in [2.45, 2.75) is 6.92 Å². The normalized spacial score (nSPS) is 10.4. The Balaban J connectivity index is 2.96. The van der Waals surface area contributed by atoms with E-state index in [1.165, 1.54) is 7.11 Å². The molecule has 0 aliphatic carbocycles. The van der Waals surface area contributed by atoms with Crippen LogP contribution in [0, 0.1) is 6.92 Å². The summed E-state index contributed by atoms with van der Waals surface area (Å²) in [5.41, 5.74) is 0.842. The standard InChI is InChI=1S/C14H14O4/c1-8-7-9-5-4-6-10(17-2)12(9)13(18-3)11(8)14(15)16/h4-7H,1-3H3,(H,15,16). The van der Waals surface area contributed by atoms with Gasteiger partial charge in [-0.3, -0.25) is 0 Å². The third-order valence-corrected chi connectivity index (χ3v) is 2.92. The Kier molecular flexibility index (Phi) is 3.10. The molecule has 0 heterocycles. The number of aryl methyl sites for hydroxylation is 1. The number of hydrogen-bond donors (Lipinski definition) is 1. The Morgan fingerprint density at radius 3 is 2.50 bits per heavy atom. The molecule has 2 aromatic carbocycles. The molecular weight excluding hydrogens is 232 g/mol. The fourth-order valence-electron chi connectivity index (χ4n) is 2.16. The molecule has 18 heavy (non-hydrogen) atoms. The van der Waals surface area contributed by atoms with E-state index in [1.807, 2.05) is 18.2 Å². The number of carboxylic acid groups (broad SMARTS) is 1. The van der Waals surface area contributed by atoms with Crippen molar-refractivity contribution in [2.24, 2.45) is 0 Å². The van der Waals surface area contributed by atoms with E-state index in [2.05, 4.69) is 0 Å². The van der Waals surface area contributed by atoms with Gasteiger partial charge in [-0.1, -0.05) is 18.2 Å². The van der Waals surface area contributed by atoms with Crippen molar-refractivity contribution < 1.29 is 19.4 Å². The van der Waals surface area contributed by atoms with Gasteiger partial charge in [0.15, 0.2) is 0 Å². The topological polar surface area (TPSA) is 55.8 Å². The van der Waals surface area contributed by atoms with Crippen LogP contribution in [0.2, 0.25) is 0 Å². The number of ether oxygens (including phenoxy) is 2. The van der Waals surface area contributed by atoms with Gasteiger partial charge in [0.25, 0.3) is 0 Å². The van der Waals surface area contributed by atoms with E-state index < -0.39 is 5.97 Å². The molecule has 1 N–H and O–H groups in total. The molecule has 0 fully saturated rings. The Bertz CT molecular complexity index is 617. The first-order valence-corrected chi connectivity index (χ1v) is 5.47. The Hall–Kier alpha value is -2.23. The molecule has 94 valence electrons. The second-order valence-electron chi connectivity index (χ2n) is 3.97. The summed E-state index contributed by atoms with van der Waals surface area (Å²) in [7, 11) is 3.02. The van der Waals surface area contributed by atoms with Crippen LogP contribution in [0.15, 0.2) is 24.3 Å². The van der Waals surface area contributed by atoms with Gasteiger partial charge < -0.3 is 14.6 Å². The maximum absolute atomic E-state index is 11.3. The van der Waals surface area contributed by atoms with Crippen LogP contribution in [-0.4, -0.2) is 25.3 Å². The molecule has 0 aliphatic rings. The first kappa shape index (κ1) is 12.2. The number of carboxylic acids is 1. The molecule has 0 spiro atoms. The Morgan fingerprint density at radius 1 is 1.22 bits per heavy atom. The lowest BCUT2D eigenvalue weighted by Gasteiger charge is -2.14. The SMILES string of the molecule is COc1cccc2cc(C)c(C(=O)O)c(OC)c12. The minimum Gasteiger partial charge on any atom is -0.496 e. The van der Waals surface area contributed by atoms with Crippen LogP contribution in [0.3, 0.4) is 0 Å². The zero-order valence-corrected chi connectivity index (χ0v) is 10.5. The molecule has 4 heteroatoms. The van der Waals surface area contributed by atoms with Crippen molar-refractivity contribution in [1.29, 1.82) is 0 Å². The van der Waals surface area contributed by atoms with Crippen molar-refractivity contribution in [3.05, 3.63) is 35.4 Å². The highest BCUT2D eigenvalue weighted by molar-refractivity contribution is 6.04. The fourth-order valence-corrected chi connectivity index (χ4v) is 2.16. The van der Waals surface area contributed by atoms with Gasteiger partial charge in [0.2, 0.25) is 0 Å². The van der Waals surface area contributed by atoms with Gasteiger partial charge in [-0.05, 0) is 23.9 Å². The number of hydrogen-bond acceptors (Lipinski definition) is 3. The van der Waals surface area contributed by atoms with Crippen LogP contribution in [0.5, 0.6) is 11.5 Å². The summed E-state index contributed by atoms with van der Waals surface area (Å²) in [5.74, 6) is -0.0565. The smallest absolute Gasteiger partial charge is 0.339 e. The molecule has 0 unspecified atom stereocenters. The van der Waals surface area contributed by atoms with E-state index in [0.29, 0.717) is 22.4 Å². The summed E-state index contributed by atoms with van der Waals surface area (Å²) >= 11 is 0. The van der Waals surface area contributed by atoms with Gasteiger partial charge in [0.1, 0.15) is 17.1 Å². The molecular formula is C14H14O4. The number of fused-ring (bicyclic) bond motifs is 1. The van der Waals surface area contributed by atoms with Crippen molar-refractivity contribution in [3.63, 3.8) is 0 Å². The third-order valence-electron chi connectivity index (χ3n) is 2.92. The number of methoxy groups -OCH3 is 2. The lowest BCUT2D eigenvalue weighted by Crippen LogP contribution is -2.04. The predicted molar refractivity (Wildman–Crippen MR) is 68.7 cm³/mol. The van der Waals surface area contributed by atoms with E-state index in [4.69, 9.17) is 9.47 Å². The molecule has 2 rings (SSSR count). The second-order valence-corrected chi connectivity index (χ2v) is 3.97. The van der Waals surface area contributed by atoms with Gasteiger partial charge in [-0.15, -0.1) is 0 Å². The van der Waals surface area contributed by atoms with E-state index >= 15 is 0 Å². The Labute approximate surface area is 105 Å². The predicted octanol–water partition coefficient (Wildman–Crippen LogP) is 2.86. The van der Waals surface area contributed by atoms with Crippen LogP contribution in [0.25, 0.3) is 10.8 Å². The minimum absolute atomic E-state index is 0.175. The maximum atomic E-state index is 11.3. The highest BCUT2D eigenvalue weighted by Gasteiger charge is 2.19. The first-order valence-electron chi connectivity index (χ1n) is 5.47. The highest BCUT2D eigenvalue weighted by atomic mass is 16.5. The molecule has 0 atom stereocenters. The summed E-state index contributed by atoms with van der Waals surface area (Å²) in [4.78, 5) is 11.3. The van der Waals surface area contributed by atoms with Crippen molar-refractivity contribution in [3.8, 4) is 11.5 Å². The monoisotopic (exact) mass is 246 g/mol. The summed E-state index contributed by atoms with van der Waals surface area (Å²) in [5, 5.41) is 10.9. The van der Waals surface area contributed by atoms with Gasteiger partial charge in [-0.25, -0.2) is 4.79 Å². The van der Waals surface area contributed by atoms with E-state index in [9.17, 15) is 9.90 Å². The van der Waals surface area contributed by atoms with Crippen LogP contribution in [0.1, 0.15) is 15.9 Å². The number of aromatic carboxylic acids is 1. The Morgan fingerprint density at radius 2 is 1.94 bits per heavy atom. The van der Waals surface area contributed by atoms with Crippen LogP contribution in [0.4, 0.5) is 0 Å². The van der Waals surface area contributed by atoms with Crippen LogP contribution < -0.4 is 9.47 Å². The summed E-state index contributed by atoms with van der Waals surface area (Å²) in [6.07, 6.45) is 0. The molecule has 0 bridgehead atoms. The average molecular weight is 246 g/mol.